The van der Waals surface area contributed by atoms with Gasteiger partial charge in [-0.1, -0.05) is 0 Å². The van der Waals surface area contributed by atoms with E-state index in [1.807, 2.05) is 41.5 Å². The Labute approximate surface area is 219 Å². The predicted molar refractivity (Wildman–Crippen MR) is 142 cm³/mol. The van der Waals surface area contributed by atoms with Crippen LogP contribution in [0, 0.1) is 6.92 Å². The second-order valence-corrected chi connectivity index (χ2v) is 12.0. The Bertz CT molecular complexity index is 1130. The number of amides is 2. The van der Waals surface area contributed by atoms with Crippen LogP contribution in [-0.4, -0.2) is 77.6 Å². The van der Waals surface area contributed by atoms with Crippen LogP contribution in [0.15, 0.2) is 12.1 Å². The van der Waals surface area contributed by atoms with Crippen LogP contribution in [0.1, 0.15) is 65.8 Å². The molecule has 0 saturated carbocycles. The van der Waals surface area contributed by atoms with Crippen molar-refractivity contribution in [1.29, 1.82) is 0 Å². The van der Waals surface area contributed by atoms with Crippen molar-refractivity contribution in [2.45, 2.75) is 78.0 Å². The number of morpholine rings is 1. The van der Waals surface area contributed by atoms with Crippen LogP contribution in [0.25, 0.3) is 11.0 Å². The lowest BCUT2D eigenvalue weighted by molar-refractivity contribution is 0.0107. The Morgan fingerprint density at radius 2 is 1.62 bits per heavy atom. The molecule has 10 heteroatoms. The monoisotopic (exact) mass is 515 g/mol. The molecule has 10 nitrogen and oxygen atoms in total. The number of aryl methyl sites for hydroxylation is 1. The van der Waals surface area contributed by atoms with Gasteiger partial charge in [0, 0.05) is 26.2 Å². The fraction of sp³-hybridized carbons (Fsp3) is 0.667. The number of nitrogens with zero attached hydrogens (tertiary/aromatic N) is 3. The van der Waals surface area contributed by atoms with E-state index in [9.17, 15) is 9.59 Å². The summed E-state index contributed by atoms with van der Waals surface area (Å²) in [6.45, 7) is 16.9. The maximum atomic E-state index is 13.0. The molecular formula is C27H41N5O5. The van der Waals surface area contributed by atoms with Gasteiger partial charge in [-0.15, -0.1) is 0 Å². The van der Waals surface area contributed by atoms with E-state index in [2.05, 4.69) is 34.3 Å². The largest absolute Gasteiger partial charge is 0.444 e. The molecule has 204 valence electrons. The third kappa shape index (κ3) is 6.47. The normalized spacial score (nSPS) is 18.6. The standard InChI is InChI=1S/C27H41N5O5/c1-18-16-19-21(20(17-18)31-12-14-35-15-13-31)29-22(28-19)27(30-23(33)36-25(2,3)4)8-10-32(11-9-27)24(34)37-26(5,6)7/h16-17H,8-15H2,1-7H3,(H,28,29)(H,30,33). The van der Waals surface area contributed by atoms with E-state index < -0.39 is 22.8 Å². The number of fused-ring (bicyclic) bond motifs is 1. The van der Waals surface area contributed by atoms with Gasteiger partial charge in [-0.05, 0) is 79.0 Å². The lowest BCUT2D eigenvalue weighted by Crippen LogP contribution is -2.55. The second-order valence-electron chi connectivity index (χ2n) is 12.0. The molecule has 0 spiro atoms. The summed E-state index contributed by atoms with van der Waals surface area (Å²) >= 11 is 0. The summed E-state index contributed by atoms with van der Waals surface area (Å²) in [6.07, 6.45) is 0.0745. The predicted octanol–water partition coefficient (Wildman–Crippen LogP) is 4.46. The van der Waals surface area contributed by atoms with Crippen molar-refractivity contribution in [3.05, 3.63) is 23.5 Å². The van der Waals surface area contributed by atoms with Gasteiger partial charge in [0.2, 0.25) is 0 Å². The van der Waals surface area contributed by atoms with Crippen molar-refractivity contribution in [3.63, 3.8) is 0 Å². The van der Waals surface area contributed by atoms with E-state index in [0.717, 1.165) is 35.4 Å². The number of piperidine rings is 1. The minimum absolute atomic E-state index is 0.354. The SMILES string of the molecule is Cc1cc(N2CCOCC2)c2nc(C3(NC(=O)OC(C)(C)C)CCN(C(=O)OC(C)(C)C)CC3)[nH]c2c1. The van der Waals surface area contributed by atoms with Crippen LogP contribution in [0.4, 0.5) is 15.3 Å². The molecule has 2 aliphatic heterocycles. The topological polar surface area (TPSA) is 109 Å². The average molecular weight is 516 g/mol. The molecule has 2 fully saturated rings. The van der Waals surface area contributed by atoms with Gasteiger partial charge in [0.25, 0.3) is 0 Å². The number of alkyl carbamates (subject to hydrolysis) is 1. The summed E-state index contributed by atoms with van der Waals surface area (Å²) in [5.41, 5.74) is 1.91. The molecule has 1 aromatic carbocycles. The molecule has 0 atom stereocenters. The van der Waals surface area contributed by atoms with Crippen molar-refractivity contribution in [2.24, 2.45) is 0 Å². The second kappa shape index (κ2) is 10.0. The zero-order valence-corrected chi connectivity index (χ0v) is 23.2. The van der Waals surface area contributed by atoms with E-state index in [1.54, 1.807) is 4.90 Å². The third-order valence-corrected chi connectivity index (χ3v) is 6.52. The van der Waals surface area contributed by atoms with Crippen LogP contribution in [0.2, 0.25) is 0 Å². The Morgan fingerprint density at radius 1 is 1.00 bits per heavy atom. The van der Waals surface area contributed by atoms with Gasteiger partial charge in [0.1, 0.15) is 28.1 Å². The van der Waals surface area contributed by atoms with Crippen molar-refractivity contribution in [3.8, 4) is 0 Å². The number of benzene rings is 1. The number of anilines is 1. The van der Waals surface area contributed by atoms with E-state index in [1.165, 1.54) is 0 Å². The molecule has 1 aromatic heterocycles. The van der Waals surface area contributed by atoms with Crippen LogP contribution in [0.5, 0.6) is 0 Å². The highest BCUT2D eigenvalue weighted by molar-refractivity contribution is 5.90. The number of ether oxygens (including phenoxy) is 3. The van der Waals surface area contributed by atoms with Gasteiger partial charge in [0.15, 0.2) is 0 Å². The summed E-state index contributed by atoms with van der Waals surface area (Å²) in [5, 5.41) is 3.12. The number of H-pyrrole nitrogens is 1. The zero-order chi connectivity index (χ0) is 27.0. The molecule has 2 aromatic rings. The van der Waals surface area contributed by atoms with Crippen molar-refractivity contribution in [2.75, 3.05) is 44.3 Å². The molecule has 0 aliphatic carbocycles. The molecule has 37 heavy (non-hydrogen) atoms. The molecule has 0 unspecified atom stereocenters. The number of hydrogen-bond donors (Lipinski definition) is 2. The van der Waals surface area contributed by atoms with Gasteiger partial charge in [-0.3, -0.25) is 0 Å². The van der Waals surface area contributed by atoms with Crippen LogP contribution in [-0.2, 0) is 19.7 Å². The lowest BCUT2D eigenvalue weighted by Gasteiger charge is -2.41. The Balaban J connectivity index is 1.67. The summed E-state index contributed by atoms with van der Waals surface area (Å²) in [4.78, 5) is 38.3. The third-order valence-electron chi connectivity index (χ3n) is 6.52. The lowest BCUT2D eigenvalue weighted by atomic mass is 9.86. The number of aromatic amines is 1. The smallest absolute Gasteiger partial charge is 0.410 e. The molecule has 4 rings (SSSR count). The molecule has 2 aliphatic rings. The highest BCUT2D eigenvalue weighted by Crippen LogP contribution is 2.36. The summed E-state index contributed by atoms with van der Waals surface area (Å²) in [6, 6.07) is 4.23. The molecule has 3 heterocycles. The maximum Gasteiger partial charge on any atom is 0.410 e. The first-order valence-corrected chi connectivity index (χ1v) is 13.1. The number of imidazole rings is 1. The number of likely N-dealkylation sites (tertiary alicyclic amines) is 1. The summed E-state index contributed by atoms with van der Waals surface area (Å²) in [5.74, 6) is 0.664. The minimum Gasteiger partial charge on any atom is -0.444 e. The van der Waals surface area contributed by atoms with E-state index in [-0.39, 0.29) is 6.09 Å². The van der Waals surface area contributed by atoms with Gasteiger partial charge in [-0.25, -0.2) is 14.6 Å². The first-order chi connectivity index (χ1) is 17.2. The van der Waals surface area contributed by atoms with Crippen molar-refractivity contribution >= 4 is 28.9 Å². The van der Waals surface area contributed by atoms with Crippen LogP contribution < -0.4 is 10.2 Å². The summed E-state index contributed by atoms with van der Waals surface area (Å²) in [7, 11) is 0. The Hall–Kier alpha value is -3.01. The highest BCUT2D eigenvalue weighted by atomic mass is 16.6. The van der Waals surface area contributed by atoms with Gasteiger partial charge >= 0.3 is 12.2 Å². The average Bonchev–Trinajstić information content (AvgIpc) is 3.22. The van der Waals surface area contributed by atoms with E-state index >= 15 is 0 Å². The van der Waals surface area contributed by atoms with Crippen molar-refractivity contribution < 1.29 is 23.8 Å². The van der Waals surface area contributed by atoms with Crippen LogP contribution in [0.3, 0.4) is 0 Å². The molecule has 2 N–H and O–H groups in total. The maximum absolute atomic E-state index is 13.0. The number of nitrogens with one attached hydrogen (secondary N) is 2. The van der Waals surface area contributed by atoms with Crippen LogP contribution >= 0.6 is 0 Å². The molecule has 0 bridgehead atoms. The molecular weight excluding hydrogens is 474 g/mol. The zero-order valence-electron chi connectivity index (χ0n) is 23.2. The van der Waals surface area contributed by atoms with Gasteiger partial charge < -0.3 is 34.3 Å². The Morgan fingerprint density at radius 3 is 2.22 bits per heavy atom. The summed E-state index contributed by atoms with van der Waals surface area (Å²) < 4.78 is 16.7. The number of carbonyl (C=O) groups excluding carboxylic acids is 2. The highest BCUT2D eigenvalue weighted by Gasteiger charge is 2.43. The van der Waals surface area contributed by atoms with Crippen molar-refractivity contribution in [1.82, 2.24) is 20.2 Å². The van der Waals surface area contributed by atoms with Gasteiger partial charge in [-0.2, -0.15) is 0 Å². The number of hydrogen-bond acceptors (Lipinski definition) is 7. The Kier molecular flexibility index (Phi) is 7.34. The first kappa shape index (κ1) is 27.0. The van der Waals surface area contributed by atoms with Gasteiger partial charge in [0.05, 0.1) is 24.4 Å². The van der Waals surface area contributed by atoms with E-state index in [4.69, 9.17) is 19.2 Å². The first-order valence-electron chi connectivity index (χ1n) is 13.1. The fourth-order valence-corrected chi connectivity index (χ4v) is 4.83. The van der Waals surface area contributed by atoms with E-state index in [0.29, 0.717) is 45.0 Å². The molecule has 2 amide bonds. The number of aromatic nitrogens is 2. The fourth-order valence-electron chi connectivity index (χ4n) is 4.83. The minimum atomic E-state index is -0.823. The molecule has 0 radical (unpaired) electrons. The quantitative estimate of drug-likeness (QED) is 0.621. The number of carbonyl (C=O) groups is 2. The number of rotatable bonds is 3. The molecule has 2 saturated heterocycles.